The summed E-state index contributed by atoms with van der Waals surface area (Å²) in [6.45, 7) is 4.04. The van der Waals surface area contributed by atoms with Crippen LogP contribution in [0.15, 0.2) is 72.8 Å². The van der Waals surface area contributed by atoms with Gasteiger partial charge in [0.1, 0.15) is 0 Å². The molecule has 2 aromatic carbocycles. The number of fused-ring (bicyclic) bond motifs is 2. The van der Waals surface area contributed by atoms with Crippen LogP contribution in [-0.2, 0) is 9.47 Å². The molecule has 30 heavy (non-hydrogen) atoms. The maximum Gasteiger partial charge on any atom is 0.338 e. The third-order valence-electron chi connectivity index (χ3n) is 5.09. The van der Waals surface area contributed by atoms with Gasteiger partial charge in [-0.3, -0.25) is 0 Å². The molecule has 0 N–H and O–H groups in total. The number of rotatable bonds is 5. The lowest BCUT2D eigenvalue weighted by atomic mass is 9.93. The van der Waals surface area contributed by atoms with Crippen molar-refractivity contribution in [3.05, 3.63) is 83.9 Å². The normalized spacial score (nSPS) is 10.9. The average molecular weight is 398 g/mol. The van der Waals surface area contributed by atoms with Crippen LogP contribution in [0.25, 0.3) is 33.0 Å². The summed E-state index contributed by atoms with van der Waals surface area (Å²) >= 11 is 0. The number of esters is 2. The van der Waals surface area contributed by atoms with Crippen molar-refractivity contribution in [3.63, 3.8) is 0 Å². The second-order valence-corrected chi connectivity index (χ2v) is 6.86. The van der Waals surface area contributed by atoms with Gasteiger partial charge in [-0.05, 0) is 47.4 Å². The average Bonchev–Trinajstić information content (AvgIpc) is 3.00. The fraction of sp³-hybridized carbons (Fsp3) is 0.154. The Morgan fingerprint density at radius 2 is 1.23 bits per heavy atom. The minimum Gasteiger partial charge on any atom is -0.462 e. The van der Waals surface area contributed by atoms with Crippen LogP contribution in [0, 0.1) is 0 Å². The van der Waals surface area contributed by atoms with Crippen molar-refractivity contribution in [2.24, 2.45) is 0 Å². The van der Waals surface area contributed by atoms with Gasteiger partial charge in [0.25, 0.3) is 0 Å². The van der Waals surface area contributed by atoms with E-state index in [-0.39, 0.29) is 13.2 Å². The second kappa shape index (κ2) is 8.37. The highest BCUT2D eigenvalue weighted by Gasteiger charge is 2.28. The molecule has 4 rings (SSSR count). The van der Waals surface area contributed by atoms with Gasteiger partial charge in [-0.15, -0.1) is 0 Å². The van der Waals surface area contributed by atoms with Gasteiger partial charge in [0.2, 0.25) is 0 Å². The molecule has 4 nitrogen and oxygen atoms in total. The van der Waals surface area contributed by atoms with E-state index in [9.17, 15) is 9.59 Å². The van der Waals surface area contributed by atoms with E-state index in [0.29, 0.717) is 22.3 Å². The predicted molar refractivity (Wildman–Crippen MR) is 118 cm³/mol. The fourth-order valence-electron chi connectivity index (χ4n) is 3.86. The van der Waals surface area contributed by atoms with E-state index in [1.54, 1.807) is 19.9 Å². The van der Waals surface area contributed by atoms with E-state index in [2.05, 4.69) is 18.2 Å². The van der Waals surface area contributed by atoms with E-state index in [4.69, 9.17) is 9.47 Å². The van der Waals surface area contributed by atoms with Gasteiger partial charge in [-0.1, -0.05) is 66.7 Å². The molecule has 0 aromatic heterocycles. The minimum atomic E-state index is -0.453. The molecule has 4 heteroatoms. The largest absolute Gasteiger partial charge is 0.462 e. The lowest BCUT2D eigenvalue weighted by Crippen LogP contribution is -2.05. The molecule has 0 spiro atoms. The van der Waals surface area contributed by atoms with Crippen LogP contribution >= 0.6 is 0 Å². The highest BCUT2D eigenvalue weighted by Crippen LogP contribution is 2.42. The Balaban J connectivity index is 2.04. The molecule has 0 heterocycles. The van der Waals surface area contributed by atoms with Gasteiger partial charge >= 0.3 is 11.9 Å². The standard InChI is InChI=1S/C26H22O4/c1-3-29-25(27)22-16-23(26(28)30-4-2)24-20(13-7-8-14-21(22)24)19-15-9-11-17-10-5-6-12-18(17)19/h5-16H,3-4H2,1-2H3. The molecule has 2 aliphatic carbocycles. The van der Waals surface area contributed by atoms with Crippen molar-refractivity contribution in [3.8, 4) is 22.3 Å². The molecule has 0 aliphatic heterocycles. The molecular weight excluding hydrogens is 376 g/mol. The number of carbonyl (C=O) groups is 2. The number of carbonyl (C=O) groups excluding carboxylic acids is 2. The van der Waals surface area contributed by atoms with Crippen LogP contribution in [0.2, 0.25) is 0 Å². The van der Waals surface area contributed by atoms with Gasteiger partial charge in [0, 0.05) is 5.56 Å². The number of benzene rings is 2. The lowest BCUT2D eigenvalue weighted by molar-refractivity contribution is 0.0525. The predicted octanol–water partition coefficient (Wildman–Crippen LogP) is 5.97. The van der Waals surface area contributed by atoms with E-state index in [1.807, 2.05) is 48.5 Å². The minimum absolute atomic E-state index is 0.253. The molecule has 2 aliphatic rings. The van der Waals surface area contributed by atoms with E-state index in [1.165, 1.54) is 0 Å². The molecule has 0 saturated carbocycles. The van der Waals surface area contributed by atoms with Gasteiger partial charge in [-0.25, -0.2) is 9.59 Å². The van der Waals surface area contributed by atoms with Crippen LogP contribution < -0.4 is 0 Å². The third-order valence-corrected chi connectivity index (χ3v) is 5.09. The van der Waals surface area contributed by atoms with E-state index in [0.717, 1.165) is 21.9 Å². The van der Waals surface area contributed by atoms with Crippen LogP contribution in [0.1, 0.15) is 34.6 Å². The summed E-state index contributed by atoms with van der Waals surface area (Å²) in [7, 11) is 0. The Kier molecular flexibility index (Phi) is 5.48. The van der Waals surface area contributed by atoms with Crippen molar-refractivity contribution in [1.82, 2.24) is 0 Å². The zero-order valence-corrected chi connectivity index (χ0v) is 17.0. The molecule has 150 valence electrons. The first-order chi connectivity index (χ1) is 14.7. The first-order valence-electron chi connectivity index (χ1n) is 10.0. The molecular formula is C26H22O4. The highest BCUT2D eigenvalue weighted by molar-refractivity contribution is 6.13. The molecule has 0 saturated heterocycles. The Labute approximate surface area is 175 Å². The summed E-state index contributed by atoms with van der Waals surface area (Å²) in [5, 5.41) is 2.17. The Bertz CT molecular complexity index is 1200. The SMILES string of the molecule is CCOC(=O)c1cc(C(=O)OCC)c2c(-c3cccc4ccccc34)ccccc1-2. The quantitative estimate of drug-likeness (QED) is 0.389. The van der Waals surface area contributed by atoms with Crippen LogP contribution in [0.3, 0.4) is 0 Å². The van der Waals surface area contributed by atoms with Crippen molar-refractivity contribution in [2.45, 2.75) is 13.8 Å². The van der Waals surface area contributed by atoms with Crippen molar-refractivity contribution in [2.75, 3.05) is 13.2 Å². The summed E-state index contributed by atoms with van der Waals surface area (Å²) in [5.41, 5.74) is 3.95. The first-order valence-corrected chi connectivity index (χ1v) is 10.0. The van der Waals surface area contributed by atoms with E-state index < -0.39 is 11.9 Å². The summed E-state index contributed by atoms with van der Waals surface area (Å²) in [6, 6.07) is 23.4. The summed E-state index contributed by atoms with van der Waals surface area (Å²) in [4.78, 5) is 25.5. The monoisotopic (exact) mass is 398 g/mol. The van der Waals surface area contributed by atoms with Crippen molar-refractivity contribution in [1.29, 1.82) is 0 Å². The molecule has 0 radical (unpaired) electrons. The maximum absolute atomic E-state index is 12.8. The third kappa shape index (κ3) is 3.41. The van der Waals surface area contributed by atoms with Crippen molar-refractivity contribution < 1.29 is 19.1 Å². The molecule has 0 bridgehead atoms. The van der Waals surface area contributed by atoms with Gasteiger partial charge in [0.15, 0.2) is 0 Å². The molecule has 0 unspecified atom stereocenters. The van der Waals surface area contributed by atoms with Gasteiger partial charge in [-0.2, -0.15) is 0 Å². The summed E-state index contributed by atoms with van der Waals surface area (Å²) < 4.78 is 10.6. The lowest BCUT2D eigenvalue weighted by Gasteiger charge is -2.12. The summed E-state index contributed by atoms with van der Waals surface area (Å²) in [6.07, 6.45) is 0. The van der Waals surface area contributed by atoms with Gasteiger partial charge < -0.3 is 9.47 Å². The Morgan fingerprint density at radius 3 is 1.97 bits per heavy atom. The zero-order valence-electron chi connectivity index (χ0n) is 17.0. The van der Waals surface area contributed by atoms with Crippen LogP contribution in [0.5, 0.6) is 0 Å². The van der Waals surface area contributed by atoms with E-state index >= 15 is 0 Å². The topological polar surface area (TPSA) is 52.6 Å². The van der Waals surface area contributed by atoms with Crippen molar-refractivity contribution >= 4 is 22.7 Å². The molecule has 0 fully saturated rings. The molecule has 0 atom stereocenters. The molecule has 2 aromatic rings. The summed E-state index contributed by atoms with van der Waals surface area (Å²) in [5.74, 6) is -0.904. The number of ether oxygens (including phenoxy) is 2. The van der Waals surface area contributed by atoms with Crippen LogP contribution in [-0.4, -0.2) is 25.2 Å². The second-order valence-electron chi connectivity index (χ2n) is 6.86. The number of hydrogen-bond donors (Lipinski definition) is 0. The number of hydrogen-bond acceptors (Lipinski definition) is 4. The van der Waals surface area contributed by atoms with Gasteiger partial charge in [0.05, 0.1) is 24.3 Å². The highest BCUT2D eigenvalue weighted by atomic mass is 16.5. The Morgan fingerprint density at radius 1 is 0.667 bits per heavy atom. The maximum atomic E-state index is 12.8. The zero-order chi connectivity index (χ0) is 21.1. The smallest absolute Gasteiger partial charge is 0.338 e. The van der Waals surface area contributed by atoms with Crippen LogP contribution in [0.4, 0.5) is 0 Å². The molecule has 0 amide bonds. The first kappa shape index (κ1) is 19.6. The fourth-order valence-corrected chi connectivity index (χ4v) is 3.86. The Hall–Kier alpha value is -3.66.